The minimum absolute atomic E-state index is 0.355. The molecule has 1 heterocycles. The predicted molar refractivity (Wildman–Crippen MR) is 53.2 cm³/mol. The summed E-state index contributed by atoms with van der Waals surface area (Å²) in [6, 6.07) is 0.355. The first kappa shape index (κ1) is 11.9. The Morgan fingerprint density at radius 2 is 1.75 bits per heavy atom. The quantitative estimate of drug-likeness (QED) is 0.659. The standard InChI is InChI=1S/C7H15NO.C3H8/c1-6(8)7-2-4-9-5-3-7;1-3-2/h6-7H,2-5,8H2,1H3;3H2,1-2H3. The van der Waals surface area contributed by atoms with Crippen LogP contribution in [0.25, 0.3) is 0 Å². The molecule has 1 atom stereocenters. The van der Waals surface area contributed by atoms with Gasteiger partial charge in [-0.15, -0.1) is 0 Å². The van der Waals surface area contributed by atoms with E-state index in [9.17, 15) is 0 Å². The molecular weight excluding hydrogens is 150 g/mol. The van der Waals surface area contributed by atoms with Crippen molar-refractivity contribution in [1.82, 2.24) is 0 Å². The summed E-state index contributed by atoms with van der Waals surface area (Å²) in [7, 11) is 0. The zero-order chi connectivity index (χ0) is 9.40. The first-order chi connectivity index (χ1) is 5.72. The highest BCUT2D eigenvalue weighted by molar-refractivity contribution is 4.70. The smallest absolute Gasteiger partial charge is 0.0469 e. The zero-order valence-corrected chi connectivity index (χ0v) is 8.68. The first-order valence-corrected chi connectivity index (χ1v) is 5.05. The molecule has 0 aromatic heterocycles. The Balaban J connectivity index is 0.000000354. The highest BCUT2D eigenvalue weighted by Crippen LogP contribution is 2.16. The zero-order valence-electron chi connectivity index (χ0n) is 8.68. The van der Waals surface area contributed by atoms with Crippen LogP contribution in [0.2, 0.25) is 0 Å². The summed E-state index contributed by atoms with van der Waals surface area (Å²) < 4.78 is 5.19. The third-order valence-electron chi connectivity index (χ3n) is 2.01. The van der Waals surface area contributed by atoms with Gasteiger partial charge in [0.05, 0.1) is 0 Å². The maximum atomic E-state index is 5.71. The summed E-state index contributed by atoms with van der Waals surface area (Å²) in [5.74, 6) is 0.707. The van der Waals surface area contributed by atoms with E-state index in [4.69, 9.17) is 10.5 Å². The van der Waals surface area contributed by atoms with E-state index in [0.717, 1.165) is 26.1 Å². The van der Waals surface area contributed by atoms with E-state index in [2.05, 4.69) is 20.8 Å². The molecular formula is C10H23NO. The summed E-state index contributed by atoms with van der Waals surface area (Å²) in [4.78, 5) is 0. The van der Waals surface area contributed by atoms with Crippen molar-refractivity contribution in [3.05, 3.63) is 0 Å². The maximum Gasteiger partial charge on any atom is 0.0469 e. The Hall–Kier alpha value is -0.0800. The fourth-order valence-corrected chi connectivity index (χ4v) is 1.24. The molecule has 12 heavy (non-hydrogen) atoms. The molecule has 1 aliphatic heterocycles. The van der Waals surface area contributed by atoms with Crippen LogP contribution in [0.1, 0.15) is 40.0 Å². The van der Waals surface area contributed by atoms with Crippen LogP contribution in [0.3, 0.4) is 0 Å². The van der Waals surface area contributed by atoms with Crippen molar-refractivity contribution in [2.75, 3.05) is 13.2 Å². The van der Waals surface area contributed by atoms with Gasteiger partial charge in [-0.05, 0) is 25.7 Å². The second-order valence-corrected chi connectivity index (χ2v) is 3.52. The van der Waals surface area contributed by atoms with Gasteiger partial charge in [-0.1, -0.05) is 20.3 Å². The highest BCUT2D eigenvalue weighted by atomic mass is 16.5. The van der Waals surface area contributed by atoms with Crippen molar-refractivity contribution in [1.29, 1.82) is 0 Å². The third kappa shape index (κ3) is 5.56. The Kier molecular flexibility index (Phi) is 7.51. The van der Waals surface area contributed by atoms with Gasteiger partial charge in [0.25, 0.3) is 0 Å². The van der Waals surface area contributed by atoms with E-state index in [1.54, 1.807) is 0 Å². The second kappa shape index (κ2) is 7.56. The molecule has 0 aliphatic carbocycles. The molecule has 1 rings (SSSR count). The van der Waals surface area contributed by atoms with Crippen molar-refractivity contribution in [3.63, 3.8) is 0 Å². The summed E-state index contributed by atoms with van der Waals surface area (Å²) in [6.07, 6.45) is 3.55. The van der Waals surface area contributed by atoms with Crippen LogP contribution in [0.4, 0.5) is 0 Å². The summed E-state index contributed by atoms with van der Waals surface area (Å²) >= 11 is 0. The number of nitrogens with two attached hydrogens (primary N) is 1. The molecule has 0 saturated carbocycles. The molecule has 0 aromatic rings. The van der Waals surface area contributed by atoms with Gasteiger partial charge in [-0.25, -0.2) is 0 Å². The Morgan fingerprint density at radius 3 is 2.00 bits per heavy atom. The summed E-state index contributed by atoms with van der Waals surface area (Å²) in [5, 5.41) is 0. The lowest BCUT2D eigenvalue weighted by Crippen LogP contribution is -2.31. The SMILES string of the molecule is CC(N)C1CCOCC1.CCC. The average molecular weight is 173 g/mol. The molecule has 74 valence electrons. The molecule has 2 heteroatoms. The van der Waals surface area contributed by atoms with Crippen molar-refractivity contribution in [2.24, 2.45) is 11.7 Å². The second-order valence-electron chi connectivity index (χ2n) is 3.52. The molecule has 1 aliphatic rings. The van der Waals surface area contributed by atoms with E-state index in [0.29, 0.717) is 12.0 Å². The van der Waals surface area contributed by atoms with Crippen molar-refractivity contribution < 1.29 is 4.74 Å². The first-order valence-electron chi connectivity index (χ1n) is 5.05. The largest absolute Gasteiger partial charge is 0.381 e. The van der Waals surface area contributed by atoms with Crippen molar-refractivity contribution in [2.45, 2.75) is 46.1 Å². The molecule has 1 saturated heterocycles. The molecule has 1 unspecified atom stereocenters. The van der Waals surface area contributed by atoms with Gasteiger partial charge in [-0.3, -0.25) is 0 Å². The fourth-order valence-electron chi connectivity index (χ4n) is 1.24. The minimum Gasteiger partial charge on any atom is -0.381 e. The van der Waals surface area contributed by atoms with Crippen LogP contribution in [0.5, 0.6) is 0 Å². The van der Waals surface area contributed by atoms with Gasteiger partial charge in [0, 0.05) is 19.3 Å². The van der Waals surface area contributed by atoms with Crippen molar-refractivity contribution in [3.8, 4) is 0 Å². The fraction of sp³-hybridized carbons (Fsp3) is 1.00. The summed E-state index contributed by atoms with van der Waals surface area (Å²) in [6.45, 7) is 8.15. The maximum absolute atomic E-state index is 5.71. The predicted octanol–water partition coefficient (Wildman–Crippen LogP) is 2.18. The Bertz CT molecular complexity index is 87.8. The van der Waals surface area contributed by atoms with Crippen LogP contribution in [0, 0.1) is 5.92 Å². The lowest BCUT2D eigenvalue weighted by atomic mass is 9.94. The van der Waals surface area contributed by atoms with Crippen LogP contribution in [-0.4, -0.2) is 19.3 Å². The normalized spacial score (nSPS) is 21.0. The van der Waals surface area contributed by atoms with E-state index >= 15 is 0 Å². The minimum atomic E-state index is 0.355. The van der Waals surface area contributed by atoms with E-state index in [1.807, 2.05) is 0 Å². The molecule has 2 nitrogen and oxygen atoms in total. The molecule has 2 N–H and O–H groups in total. The number of hydrogen-bond acceptors (Lipinski definition) is 2. The lowest BCUT2D eigenvalue weighted by Gasteiger charge is -2.24. The highest BCUT2D eigenvalue weighted by Gasteiger charge is 2.16. The monoisotopic (exact) mass is 173 g/mol. The molecule has 0 bridgehead atoms. The van der Waals surface area contributed by atoms with E-state index < -0.39 is 0 Å². The van der Waals surface area contributed by atoms with E-state index in [1.165, 1.54) is 6.42 Å². The van der Waals surface area contributed by atoms with Crippen LogP contribution < -0.4 is 5.73 Å². The molecule has 0 aromatic carbocycles. The van der Waals surface area contributed by atoms with Crippen LogP contribution in [-0.2, 0) is 4.74 Å². The number of ether oxygens (including phenoxy) is 1. The van der Waals surface area contributed by atoms with E-state index in [-0.39, 0.29) is 0 Å². The molecule has 0 spiro atoms. The average Bonchev–Trinajstić information content (AvgIpc) is 2.07. The Morgan fingerprint density at radius 1 is 1.33 bits per heavy atom. The molecule has 0 amide bonds. The van der Waals surface area contributed by atoms with Crippen LogP contribution in [0.15, 0.2) is 0 Å². The van der Waals surface area contributed by atoms with Crippen LogP contribution >= 0.6 is 0 Å². The van der Waals surface area contributed by atoms with Gasteiger partial charge in [0.2, 0.25) is 0 Å². The number of rotatable bonds is 1. The topological polar surface area (TPSA) is 35.2 Å². The molecule has 0 radical (unpaired) electrons. The summed E-state index contributed by atoms with van der Waals surface area (Å²) in [5.41, 5.74) is 5.71. The van der Waals surface area contributed by atoms with Gasteiger partial charge in [0.15, 0.2) is 0 Å². The third-order valence-corrected chi connectivity index (χ3v) is 2.01. The van der Waals surface area contributed by atoms with Crippen molar-refractivity contribution >= 4 is 0 Å². The van der Waals surface area contributed by atoms with Gasteiger partial charge in [-0.2, -0.15) is 0 Å². The van der Waals surface area contributed by atoms with Gasteiger partial charge < -0.3 is 10.5 Å². The van der Waals surface area contributed by atoms with Gasteiger partial charge in [0.1, 0.15) is 0 Å². The lowest BCUT2D eigenvalue weighted by molar-refractivity contribution is 0.0603. The molecule has 1 fully saturated rings. The van der Waals surface area contributed by atoms with Gasteiger partial charge >= 0.3 is 0 Å². The Labute approximate surface area is 76.5 Å². The number of hydrogen-bond donors (Lipinski definition) is 1.